The Morgan fingerprint density at radius 3 is 0.933 bits per heavy atom. The number of hydrogen-bond donors (Lipinski definition) is 0. The summed E-state index contributed by atoms with van der Waals surface area (Å²) in [6.07, 6.45) is 0. The molecule has 2 rings (SSSR count). The molecular weight excluding hydrogens is 221 g/mol. The van der Waals surface area contributed by atoms with Crippen molar-refractivity contribution in [3.8, 4) is 11.5 Å². The summed E-state index contributed by atoms with van der Waals surface area (Å²) in [6.45, 7) is 0. The molecule has 0 heterocycles. The topological polar surface area (TPSA) is 46.1 Å². The molecule has 0 saturated heterocycles. The SMILES string of the molecule is [O-]c1ccccc1.[O-]c1ccccc1.[Sc]. The molecule has 75 valence electrons. The molecule has 3 heteroatoms. The normalized spacial score (nSPS) is 8.00. The third-order valence-electron chi connectivity index (χ3n) is 1.49. The van der Waals surface area contributed by atoms with Gasteiger partial charge in [-0.3, -0.25) is 0 Å². The molecule has 0 amide bonds. The molecule has 15 heavy (non-hydrogen) atoms. The fourth-order valence-electron chi connectivity index (χ4n) is 0.841. The second-order valence-corrected chi connectivity index (χ2v) is 2.63. The fraction of sp³-hybridized carbons (Fsp3) is 0. The van der Waals surface area contributed by atoms with Crippen LogP contribution in [0.1, 0.15) is 0 Å². The first-order valence-corrected chi connectivity index (χ1v) is 4.23. The van der Waals surface area contributed by atoms with E-state index >= 15 is 0 Å². The quantitative estimate of drug-likeness (QED) is 0.690. The minimum Gasteiger partial charge on any atom is -0.872 e. The Kier molecular flexibility index (Phi) is 7.64. The average Bonchev–Trinajstić information content (AvgIpc) is 2.21. The summed E-state index contributed by atoms with van der Waals surface area (Å²) in [4.78, 5) is 0. The summed E-state index contributed by atoms with van der Waals surface area (Å²) < 4.78 is 0. The summed E-state index contributed by atoms with van der Waals surface area (Å²) in [5.74, 6) is 0.144. The van der Waals surface area contributed by atoms with Crippen LogP contribution in [0, 0.1) is 0 Å². The van der Waals surface area contributed by atoms with E-state index in [1.165, 1.54) is 24.3 Å². The van der Waals surface area contributed by atoms with Crippen LogP contribution < -0.4 is 10.2 Å². The maximum atomic E-state index is 10.3. The molecule has 0 aliphatic rings. The van der Waals surface area contributed by atoms with Crippen LogP contribution in [0.4, 0.5) is 0 Å². The van der Waals surface area contributed by atoms with Crippen molar-refractivity contribution in [3.63, 3.8) is 0 Å². The molecule has 0 aliphatic carbocycles. The van der Waals surface area contributed by atoms with Crippen molar-refractivity contribution < 1.29 is 36.1 Å². The van der Waals surface area contributed by atoms with Crippen molar-refractivity contribution >= 4 is 0 Å². The van der Waals surface area contributed by atoms with Gasteiger partial charge in [-0.15, -0.1) is 11.5 Å². The second-order valence-electron chi connectivity index (χ2n) is 2.63. The van der Waals surface area contributed by atoms with Gasteiger partial charge in [-0.05, 0) is 0 Å². The molecule has 0 fully saturated rings. The van der Waals surface area contributed by atoms with Crippen LogP contribution in [0.3, 0.4) is 0 Å². The van der Waals surface area contributed by atoms with Crippen LogP contribution in [-0.2, 0) is 25.8 Å². The van der Waals surface area contributed by atoms with E-state index in [2.05, 4.69) is 0 Å². The Labute approximate surface area is 108 Å². The molecular formula is C12H10O2Sc-2. The molecule has 0 N–H and O–H groups in total. The Morgan fingerprint density at radius 1 is 0.533 bits per heavy atom. The zero-order valence-electron chi connectivity index (χ0n) is 8.17. The van der Waals surface area contributed by atoms with Gasteiger partial charge >= 0.3 is 0 Å². The van der Waals surface area contributed by atoms with E-state index in [4.69, 9.17) is 0 Å². The van der Waals surface area contributed by atoms with E-state index in [1.807, 2.05) is 12.1 Å². The number of rotatable bonds is 0. The van der Waals surface area contributed by atoms with Gasteiger partial charge in [-0.1, -0.05) is 60.7 Å². The maximum Gasteiger partial charge on any atom is 0 e. The molecule has 0 saturated carbocycles. The van der Waals surface area contributed by atoms with Gasteiger partial charge in [0.05, 0.1) is 0 Å². The number of para-hydroxylation sites is 2. The Morgan fingerprint density at radius 2 is 0.800 bits per heavy atom. The first-order valence-electron chi connectivity index (χ1n) is 4.23. The van der Waals surface area contributed by atoms with E-state index in [0.717, 1.165) is 0 Å². The summed E-state index contributed by atoms with van der Waals surface area (Å²) in [5.41, 5.74) is 0. The van der Waals surface area contributed by atoms with E-state index in [1.54, 1.807) is 24.3 Å². The summed E-state index contributed by atoms with van der Waals surface area (Å²) in [5, 5.41) is 20.5. The van der Waals surface area contributed by atoms with E-state index in [9.17, 15) is 10.2 Å². The van der Waals surface area contributed by atoms with Crippen molar-refractivity contribution in [3.05, 3.63) is 60.7 Å². The van der Waals surface area contributed by atoms with Crippen LogP contribution in [0.15, 0.2) is 60.7 Å². The molecule has 0 aromatic heterocycles. The van der Waals surface area contributed by atoms with Crippen molar-refractivity contribution in [1.82, 2.24) is 0 Å². The summed E-state index contributed by atoms with van der Waals surface area (Å²) in [6, 6.07) is 16.7. The third kappa shape index (κ3) is 6.91. The van der Waals surface area contributed by atoms with Crippen molar-refractivity contribution in [2.75, 3.05) is 0 Å². The van der Waals surface area contributed by atoms with Crippen molar-refractivity contribution in [2.24, 2.45) is 0 Å². The maximum absolute atomic E-state index is 10.3. The molecule has 0 atom stereocenters. The molecule has 2 aromatic carbocycles. The van der Waals surface area contributed by atoms with Gasteiger partial charge in [-0.2, -0.15) is 0 Å². The minimum absolute atomic E-state index is 0. The molecule has 0 spiro atoms. The van der Waals surface area contributed by atoms with Gasteiger partial charge in [0.1, 0.15) is 0 Å². The molecule has 0 unspecified atom stereocenters. The first kappa shape index (κ1) is 13.9. The van der Waals surface area contributed by atoms with Crippen LogP contribution in [0.5, 0.6) is 11.5 Å². The molecule has 2 nitrogen and oxygen atoms in total. The smallest absolute Gasteiger partial charge is 0 e. The molecule has 2 aromatic rings. The van der Waals surface area contributed by atoms with Crippen LogP contribution >= 0.6 is 0 Å². The Balaban J connectivity index is 0.000000245. The minimum atomic E-state index is 0. The van der Waals surface area contributed by atoms with Crippen LogP contribution in [0.25, 0.3) is 0 Å². The number of hydrogen-bond acceptors (Lipinski definition) is 2. The van der Waals surface area contributed by atoms with Crippen molar-refractivity contribution in [2.45, 2.75) is 0 Å². The van der Waals surface area contributed by atoms with E-state index in [-0.39, 0.29) is 37.3 Å². The van der Waals surface area contributed by atoms with E-state index < -0.39 is 0 Å². The van der Waals surface area contributed by atoms with Gasteiger partial charge in [0.25, 0.3) is 0 Å². The zero-order valence-corrected chi connectivity index (χ0v) is 9.97. The monoisotopic (exact) mass is 231 g/mol. The van der Waals surface area contributed by atoms with E-state index in [0.29, 0.717) is 0 Å². The van der Waals surface area contributed by atoms with Gasteiger partial charge in [0, 0.05) is 25.8 Å². The average molecular weight is 231 g/mol. The van der Waals surface area contributed by atoms with Crippen LogP contribution in [0.2, 0.25) is 0 Å². The summed E-state index contributed by atoms with van der Waals surface area (Å²) in [7, 11) is 0. The standard InChI is InChI=1S/2C6H6O.Sc/c2*7-6-4-2-1-3-5-6;/h2*1-5,7H;/p-2. The van der Waals surface area contributed by atoms with Gasteiger partial charge in [0.2, 0.25) is 0 Å². The molecule has 0 bridgehead atoms. The molecule has 1 radical (unpaired) electrons. The predicted molar refractivity (Wildman–Crippen MR) is 51.8 cm³/mol. The Hall–Kier alpha value is -1.09. The largest absolute Gasteiger partial charge is 0.872 e. The Bertz CT molecular complexity index is 311. The number of benzene rings is 2. The van der Waals surface area contributed by atoms with Gasteiger partial charge in [-0.25, -0.2) is 0 Å². The van der Waals surface area contributed by atoms with Gasteiger partial charge < -0.3 is 10.2 Å². The van der Waals surface area contributed by atoms with Crippen LogP contribution in [-0.4, -0.2) is 0 Å². The van der Waals surface area contributed by atoms with Gasteiger partial charge in [0.15, 0.2) is 0 Å². The summed E-state index contributed by atoms with van der Waals surface area (Å²) >= 11 is 0. The van der Waals surface area contributed by atoms with Crippen molar-refractivity contribution in [1.29, 1.82) is 0 Å². The first-order chi connectivity index (χ1) is 6.79. The fourth-order valence-corrected chi connectivity index (χ4v) is 0.841. The zero-order chi connectivity index (χ0) is 10.2. The second kappa shape index (κ2) is 8.24. The molecule has 0 aliphatic heterocycles. The predicted octanol–water partition coefficient (Wildman–Crippen LogP) is 1.52. The third-order valence-corrected chi connectivity index (χ3v) is 1.49.